The number of fused-ring (bicyclic) bond motifs is 1. The van der Waals surface area contributed by atoms with Crippen molar-refractivity contribution < 1.29 is 4.79 Å². The van der Waals surface area contributed by atoms with Gasteiger partial charge in [-0.3, -0.25) is 0 Å². The van der Waals surface area contributed by atoms with E-state index in [0.717, 1.165) is 36.0 Å². The van der Waals surface area contributed by atoms with Crippen molar-refractivity contribution in [1.29, 1.82) is 0 Å². The third-order valence-corrected chi connectivity index (χ3v) is 3.54. The van der Waals surface area contributed by atoms with Crippen molar-refractivity contribution in [2.75, 3.05) is 5.75 Å². The van der Waals surface area contributed by atoms with Gasteiger partial charge in [-0.1, -0.05) is 18.2 Å². The molecule has 1 aliphatic heterocycles. The Labute approximate surface area is 93.5 Å². The molecule has 82 valence electrons. The van der Waals surface area contributed by atoms with E-state index in [1.807, 2.05) is 0 Å². The van der Waals surface area contributed by atoms with Gasteiger partial charge in [0.15, 0.2) is 5.16 Å². The van der Waals surface area contributed by atoms with Crippen molar-refractivity contribution in [1.82, 2.24) is 14.8 Å². The van der Waals surface area contributed by atoms with Crippen molar-refractivity contribution in [3.05, 3.63) is 5.82 Å². The lowest BCUT2D eigenvalue weighted by molar-refractivity contribution is -0.107. The predicted octanol–water partition coefficient (Wildman–Crippen LogP) is 1.69. The standard InChI is InChI=1S/C10H15N3OS/c14-7-4-8-15-10-12-11-9-5-2-1-3-6-13(9)10/h7H,1-6,8H2. The van der Waals surface area contributed by atoms with E-state index in [1.165, 1.54) is 19.3 Å². The average molecular weight is 225 g/mol. The van der Waals surface area contributed by atoms with Crippen LogP contribution in [-0.2, 0) is 17.8 Å². The minimum Gasteiger partial charge on any atom is -0.306 e. The molecule has 0 spiro atoms. The second-order valence-electron chi connectivity index (χ2n) is 3.66. The quantitative estimate of drug-likeness (QED) is 0.444. The van der Waals surface area contributed by atoms with Gasteiger partial charge in [0.05, 0.1) is 0 Å². The maximum absolute atomic E-state index is 10.2. The third kappa shape index (κ3) is 2.59. The summed E-state index contributed by atoms with van der Waals surface area (Å²) in [5.41, 5.74) is 0. The summed E-state index contributed by atoms with van der Waals surface area (Å²) in [6, 6.07) is 0. The molecule has 15 heavy (non-hydrogen) atoms. The topological polar surface area (TPSA) is 47.8 Å². The molecule has 0 unspecified atom stereocenters. The Balaban J connectivity index is 2.04. The lowest BCUT2D eigenvalue weighted by Crippen LogP contribution is -2.02. The molecule has 5 heteroatoms. The largest absolute Gasteiger partial charge is 0.306 e. The minimum absolute atomic E-state index is 0.590. The number of thioether (sulfide) groups is 1. The highest BCUT2D eigenvalue weighted by Gasteiger charge is 2.14. The summed E-state index contributed by atoms with van der Waals surface area (Å²) in [6.45, 7) is 1.03. The molecule has 1 aliphatic rings. The number of carbonyl (C=O) groups excluding carboxylic acids is 1. The highest BCUT2D eigenvalue weighted by Crippen LogP contribution is 2.21. The summed E-state index contributed by atoms with van der Waals surface area (Å²) in [6.07, 6.45) is 6.30. The van der Waals surface area contributed by atoms with E-state index in [1.54, 1.807) is 11.8 Å². The van der Waals surface area contributed by atoms with E-state index in [4.69, 9.17) is 0 Å². The van der Waals surface area contributed by atoms with Crippen LogP contribution in [0.2, 0.25) is 0 Å². The molecule has 2 heterocycles. The van der Waals surface area contributed by atoms with Gasteiger partial charge in [0.2, 0.25) is 0 Å². The molecule has 0 atom stereocenters. The zero-order valence-electron chi connectivity index (χ0n) is 8.69. The molecule has 0 amide bonds. The van der Waals surface area contributed by atoms with Gasteiger partial charge in [-0.05, 0) is 12.8 Å². The van der Waals surface area contributed by atoms with E-state index in [9.17, 15) is 4.79 Å². The van der Waals surface area contributed by atoms with Crippen molar-refractivity contribution in [3.63, 3.8) is 0 Å². The van der Waals surface area contributed by atoms with Crippen molar-refractivity contribution in [2.45, 2.75) is 43.8 Å². The summed E-state index contributed by atoms with van der Waals surface area (Å²) < 4.78 is 2.21. The highest BCUT2D eigenvalue weighted by molar-refractivity contribution is 7.99. The van der Waals surface area contributed by atoms with Crippen molar-refractivity contribution in [2.24, 2.45) is 0 Å². The van der Waals surface area contributed by atoms with Crippen LogP contribution >= 0.6 is 11.8 Å². The van der Waals surface area contributed by atoms with Crippen LogP contribution < -0.4 is 0 Å². The summed E-state index contributed by atoms with van der Waals surface area (Å²) in [7, 11) is 0. The Morgan fingerprint density at radius 2 is 2.27 bits per heavy atom. The number of aromatic nitrogens is 3. The molecular weight excluding hydrogens is 210 g/mol. The lowest BCUT2D eigenvalue weighted by Gasteiger charge is -2.04. The van der Waals surface area contributed by atoms with E-state index >= 15 is 0 Å². The summed E-state index contributed by atoms with van der Waals surface area (Å²) in [4.78, 5) is 10.2. The van der Waals surface area contributed by atoms with Crippen LogP contribution in [-0.4, -0.2) is 26.8 Å². The van der Waals surface area contributed by atoms with Gasteiger partial charge in [0.25, 0.3) is 0 Å². The first-order chi connectivity index (χ1) is 7.42. The number of rotatable bonds is 4. The summed E-state index contributed by atoms with van der Waals surface area (Å²) in [5.74, 6) is 1.92. The molecule has 0 bridgehead atoms. The Bertz CT molecular complexity index is 337. The smallest absolute Gasteiger partial charge is 0.191 e. The fraction of sp³-hybridized carbons (Fsp3) is 0.700. The zero-order valence-corrected chi connectivity index (χ0v) is 9.50. The Hall–Kier alpha value is -0.840. The van der Waals surface area contributed by atoms with Crippen LogP contribution in [0.5, 0.6) is 0 Å². The predicted molar refractivity (Wildman–Crippen MR) is 59.0 cm³/mol. The van der Waals surface area contributed by atoms with E-state index < -0.39 is 0 Å². The molecule has 0 saturated heterocycles. The Morgan fingerprint density at radius 3 is 3.13 bits per heavy atom. The molecule has 0 N–H and O–H groups in total. The van der Waals surface area contributed by atoms with Gasteiger partial charge >= 0.3 is 0 Å². The van der Waals surface area contributed by atoms with Crippen LogP contribution in [0.3, 0.4) is 0 Å². The molecule has 0 radical (unpaired) electrons. The molecule has 0 aliphatic carbocycles. The SMILES string of the molecule is O=CCCSc1nnc2n1CCCCC2. The zero-order chi connectivity index (χ0) is 10.5. The second-order valence-corrected chi connectivity index (χ2v) is 4.73. The normalized spacial score (nSPS) is 15.7. The molecular formula is C10H15N3OS. The first-order valence-corrected chi connectivity index (χ1v) is 6.39. The highest BCUT2D eigenvalue weighted by atomic mass is 32.2. The number of aldehydes is 1. The monoisotopic (exact) mass is 225 g/mol. The molecule has 1 aromatic rings. The summed E-state index contributed by atoms with van der Waals surface area (Å²) >= 11 is 1.63. The van der Waals surface area contributed by atoms with E-state index in [2.05, 4.69) is 14.8 Å². The van der Waals surface area contributed by atoms with E-state index in [0.29, 0.717) is 6.42 Å². The van der Waals surface area contributed by atoms with Gasteiger partial charge in [0, 0.05) is 25.1 Å². The van der Waals surface area contributed by atoms with Crippen LogP contribution in [0.4, 0.5) is 0 Å². The molecule has 2 rings (SSSR count). The summed E-state index contributed by atoms with van der Waals surface area (Å²) in [5, 5.41) is 9.35. The fourth-order valence-electron chi connectivity index (χ4n) is 1.76. The van der Waals surface area contributed by atoms with Crippen molar-refractivity contribution >= 4 is 18.0 Å². The molecule has 0 fully saturated rings. The number of carbonyl (C=O) groups is 1. The van der Waals surface area contributed by atoms with Crippen molar-refractivity contribution in [3.8, 4) is 0 Å². The third-order valence-electron chi connectivity index (χ3n) is 2.54. The number of nitrogens with zero attached hydrogens (tertiary/aromatic N) is 3. The minimum atomic E-state index is 0.590. The average Bonchev–Trinajstić information content (AvgIpc) is 2.50. The van der Waals surface area contributed by atoms with Gasteiger partial charge in [-0.2, -0.15) is 0 Å². The second kappa shape index (κ2) is 5.30. The lowest BCUT2D eigenvalue weighted by atomic mass is 10.2. The maximum Gasteiger partial charge on any atom is 0.191 e. The number of aryl methyl sites for hydroxylation is 1. The van der Waals surface area contributed by atoms with Crippen LogP contribution in [0, 0.1) is 0 Å². The van der Waals surface area contributed by atoms with Gasteiger partial charge in [-0.25, -0.2) is 0 Å². The first kappa shape index (κ1) is 10.7. The van der Waals surface area contributed by atoms with Gasteiger partial charge in [0.1, 0.15) is 12.1 Å². The first-order valence-electron chi connectivity index (χ1n) is 5.40. The van der Waals surface area contributed by atoms with Gasteiger partial charge < -0.3 is 9.36 Å². The maximum atomic E-state index is 10.2. The molecule has 4 nitrogen and oxygen atoms in total. The van der Waals surface area contributed by atoms with Gasteiger partial charge in [-0.15, -0.1) is 10.2 Å². The van der Waals surface area contributed by atoms with E-state index in [-0.39, 0.29) is 0 Å². The van der Waals surface area contributed by atoms with Crippen LogP contribution in [0.1, 0.15) is 31.5 Å². The molecule has 0 aromatic carbocycles. The molecule has 0 saturated carbocycles. The molecule has 1 aromatic heterocycles. The van der Waals surface area contributed by atoms with Crippen LogP contribution in [0.25, 0.3) is 0 Å². The van der Waals surface area contributed by atoms with Crippen LogP contribution in [0.15, 0.2) is 5.16 Å². The number of hydrogen-bond donors (Lipinski definition) is 0. The Kier molecular flexibility index (Phi) is 3.77. The Morgan fingerprint density at radius 1 is 1.33 bits per heavy atom. The fourth-order valence-corrected chi connectivity index (χ4v) is 2.61. The number of hydrogen-bond acceptors (Lipinski definition) is 4.